The van der Waals surface area contributed by atoms with Crippen molar-refractivity contribution in [3.05, 3.63) is 87.9 Å². The van der Waals surface area contributed by atoms with Gasteiger partial charge in [0.05, 0.1) is 13.2 Å². The maximum atomic E-state index is 13.1. The maximum Gasteiger partial charge on any atom is 0.287 e. The summed E-state index contributed by atoms with van der Waals surface area (Å²) in [6, 6.07) is 16.5. The minimum atomic E-state index is -0.154. The van der Waals surface area contributed by atoms with Crippen LogP contribution in [0.25, 0.3) is 0 Å². The van der Waals surface area contributed by atoms with E-state index in [-0.39, 0.29) is 22.8 Å². The van der Waals surface area contributed by atoms with Gasteiger partial charge in [-0.15, -0.1) is 0 Å². The molecule has 4 heteroatoms. The van der Waals surface area contributed by atoms with Gasteiger partial charge >= 0.3 is 0 Å². The van der Waals surface area contributed by atoms with E-state index >= 15 is 0 Å². The predicted molar refractivity (Wildman–Crippen MR) is 144 cm³/mol. The first-order valence-electron chi connectivity index (χ1n) is 13.3. The van der Waals surface area contributed by atoms with Crippen LogP contribution in [0, 0.1) is 12.8 Å². The lowest BCUT2D eigenvalue weighted by Gasteiger charge is -2.42. The van der Waals surface area contributed by atoms with Gasteiger partial charge < -0.3 is 14.5 Å². The van der Waals surface area contributed by atoms with E-state index in [0.717, 1.165) is 29.9 Å². The van der Waals surface area contributed by atoms with E-state index in [4.69, 9.17) is 9.15 Å². The van der Waals surface area contributed by atoms with Gasteiger partial charge in [0.2, 0.25) is 0 Å². The van der Waals surface area contributed by atoms with Crippen LogP contribution in [-0.2, 0) is 17.3 Å². The predicted octanol–water partition coefficient (Wildman–Crippen LogP) is 7.42. The lowest BCUT2D eigenvalue weighted by atomic mass is 9.62. The van der Waals surface area contributed by atoms with Gasteiger partial charge in [0, 0.05) is 6.42 Å². The molecule has 1 heterocycles. The van der Waals surface area contributed by atoms with Crippen LogP contribution >= 0.6 is 0 Å². The van der Waals surface area contributed by atoms with Gasteiger partial charge in [-0.25, -0.2) is 0 Å². The van der Waals surface area contributed by atoms with Crippen molar-refractivity contribution in [2.24, 2.45) is 5.92 Å². The second kappa shape index (κ2) is 9.14. The number of furan rings is 1. The number of hydrogen-bond donors (Lipinski definition) is 1. The molecule has 0 saturated heterocycles. The summed E-state index contributed by atoms with van der Waals surface area (Å²) in [5.74, 6) is 2.34. The van der Waals surface area contributed by atoms with Crippen molar-refractivity contribution in [3.8, 4) is 5.75 Å². The number of aryl methyl sites for hydroxylation is 1. The molecule has 0 spiro atoms. The van der Waals surface area contributed by atoms with Crippen molar-refractivity contribution < 1.29 is 13.9 Å². The molecule has 0 radical (unpaired) electrons. The highest BCUT2D eigenvalue weighted by atomic mass is 16.5. The highest BCUT2D eigenvalue weighted by Crippen LogP contribution is 2.47. The van der Waals surface area contributed by atoms with Gasteiger partial charge in [0.25, 0.3) is 5.91 Å². The van der Waals surface area contributed by atoms with Gasteiger partial charge in [-0.1, -0.05) is 52.0 Å². The summed E-state index contributed by atoms with van der Waals surface area (Å²) in [6.07, 6.45) is 5.35. The first-order valence-corrected chi connectivity index (χ1v) is 13.3. The number of carbonyl (C=O) groups is 1. The summed E-state index contributed by atoms with van der Waals surface area (Å²) in [6.45, 7) is 11.6. The molecule has 1 unspecified atom stereocenters. The minimum Gasteiger partial charge on any atom is -0.497 e. The van der Waals surface area contributed by atoms with Crippen LogP contribution in [0.15, 0.2) is 52.9 Å². The van der Waals surface area contributed by atoms with Crippen molar-refractivity contribution in [1.29, 1.82) is 0 Å². The fourth-order valence-corrected chi connectivity index (χ4v) is 5.67. The quantitative estimate of drug-likeness (QED) is 0.379. The van der Waals surface area contributed by atoms with Gasteiger partial charge in [0.15, 0.2) is 5.76 Å². The first-order chi connectivity index (χ1) is 17.1. The number of amides is 1. The standard InChI is InChI=1S/C32H39NO3/c1-20-17-26-27(32(4,5)16-15-31(26,2)3)19-23(20)18-25-13-14-28(36-25)30(34)33-29(21-7-8-21)22-9-11-24(35-6)12-10-22/h9-14,17,19,21,29H,7-8,15-16,18H2,1-6H3,(H,33,34). The molecule has 1 fully saturated rings. The lowest BCUT2D eigenvalue weighted by Crippen LogP contribution is -2.34. The van der Waals surface area contributed by atoms with E-state index in [2.05, 4.69) is 52.1 Å². The molecule has 4 nitrogen and oxygen atoms in total. The molecule has 36 heavy (non-hydrogen) atoms. The van der Waals surface area contributed by atoms with Crippen LogP contribution in [0.4, 0.5) is 0 Å². The van der Waals surface area contributed by atoms with E-state index in [1.165, 1.54) is 35.1 Å². The molecule has 1 atom stereocenters. The van der Waals surface area contributed by atoms with E-state index in [0.29, 0.717) is 18.1 Å². The topological polar surface area (TPSA) is 51.5 Å². The minimum absolute atomic E-state index is 0.00886. The molecule has 190 valence electrons. The van der Waals surface area contributed by atoms with Crippen molar-refractivity contribution in [2.75, 3.05) is 7.11 Å². The number of methoxy groups -OCH3 is 1. The molecule has 1 saturated carbocycles. The SMILES string of the molecule is COc1ccc(C(NC(=O)c2ccc(Cc3cc4c(cc3C)C(C)(C)CCC4(C)C)o2)C2CC2)cc1. The molecule has 2 aliphatic carbocycles. The van der Waals surface area contributed by atoms with Crippen LogP contribution in [-0.4, -0.2) is 13.0 Å². The van der Waals surface area contributed by atoms with Crippen LogP contribution in [0.3, 0.4) is 0 Å². The summed E-state index contributed by atoms with van der Waals surface area (Å²) in [4.78, 5) is 13.1. The van der Waals surface area contributed by atoms with Crippen molar-refractivity contribution in [2.45, 2.75) is 83.6 Å². The third kappa shape index (κ3) is 4.83. The number of nitrogens with one attached hydrogen (secondary N) is 1. The van der Waals surface area contributed by atoms with Crippen molar-refractivity contribution >= 4 is 5.91 Å². The number of ether oxygens (including phenoxy) is 1. The number of rotatable bonds is 7. The normalized spacial score (nSPS) is 18.8. The molecule has 1 aromatic heterocycles. The van der Waals surface area contributed by atoms with Gasteiger partial charge in [-0.2, -0.15) is 0 Å². The molecule has 2 aliphatic rings. The Labute approximate surface area is 215 Å². The summed E-state index contributed by atoms with van der Waals surface area (Å²) in [5.41, 5.74) is 6.96. The molecule has 2 aromatic carbocycles. The zero-order valence-electron chi connectivity index (χ0n) is 22.5. The zero-order valence-corrected chi connectivity index (χ0v) is 22.5. The van der Waals surface area contributed by atoms with Gasteiger partial charge in [-0.3, -0.25) is 4.79 Å². The maximum absolute atomic E-state index is 13.1. The smallest absolute Gasteiger partial charge is 0.287 e. The number of hydrogen-bond acceptors (Lipinski definition) is 3. The van der Waals surface area contributed by atoms with Crippen molar-refractivity contribution in [3.63, 3.8) is 0 Å². The lowest BCUT2D eigenvalue weighted by molar-refractivity contribution is 0.0902. The highest BCUT2D eigenvalue weighted by molar-refractivity contribution is 5.91. The van der Waals surface area contributed by atoms with Crippen LogP contribution < -0.4 is 10.1 Å². The van der Waals surface area contributed by atoms with Crippen LogP contribution in [0.5, 0.6) is 5.75 Å². The third-order valence-electron chi connectivity index (χ3n) is 8.41. The van der Waals surface area contributed by atoms with Crippen LogP contribution in [0.2, 0.25) is 0 Å². The summed E-state index contributed by atoms with van der Waals surface area (Å²) < 4.78 is 11.4. The molecule has 3 aromatic rings. The van der Waals surface area contributed by atoms with Crippen LogP contribution in [0.1, 0.15) is 104 Å². The molecule has 1 amide bonds. The fourth-order valence-electron chi connectivity index (χ4n) is 5.67. The molecular weight excluding hydrogens is 446 g/mol. The monoisotopic (exact) mass is 485 g/mol. The first kappa shape index (κ1) is 24.7. The summed E-state index contributed by atoms with van der Waals surface area (Å²) in [5, 5.41) is 3.22. The Hall–Kier alpha value is -3.01. The largest absolute Gasteiger partial charge is 0.497 e. The summed E-state index contributed by atoms with van der Waals surface area (Å²) >= 11 is 0. The third-order valence-corrected chi connectivity index (χ3v) is 8.41. The molecule has 0 bridgehead atoms. The molecule has 1 N–H and O–H groups in total. The zero-order chi connectivity index (χ0) is 25.7. The van der Waals surface area contributed by atoms with Gasteiger partial charge in [-0.05, 0) is 101 Å². The Morgan fingerprint density at radius 3 is 2.25 bits per heavy atom. The molecular formula is C32H39NO3. The van der Waals surface area contributed by atoms with E-state index in [1.807, 2.05) is 36.4 Å². The van der Waals surface area contributed by atoms with Crippen molar-refractivity contribution in [1.82, 2.24) is 5.32 Å². The fraction of sp³-hybridized carbons (Fsp3) is 0.469. The molecule has 0 aliphatic heterocycles. The highest BCUT2D eigenvalue weighted by Gasteiger charge is 2.37. The van der Waals surface area contributed by atoms with Gasteiger partial charge in [0.1, 0.15) is 11.5 Å². The summed E-state index contributed by atoms with van der Waals surface area (Å²) in [7, 11) is 1.66. The van der Waals surface area contributed by atoms with E-state index < -0.39 is 0 Å². The average molecular weight is 486 g/mol. The number of benzene rings is 2. The Kier molecular flexibility index (Phi) is 6.26. The Morgan fingerprint density at radius 1 is 1.00 bits per heavy atom. The second-order valence-electron chi connectivity index (χ2n) is 12.1. The Balaban J connectivity index is 1.34. The Morgan fingerprint density at radius 2 is 1.64 bits per heavy atom. The average Bonchev–Trinajstić information content (AvgIpc) is 3.59. The van der Waals surface area contributed by atoms with E-state index in [1.54, 1.807) is 7.11 Å². The number of fused-ring (bicyclic) bond motifs is 1. The molecule has 5 rings (SSSR count). The second-order valence-corrected chi connectivity index (χ2v) is 12.1. The Bertz CT molecular complexity index is 1260. The number of carbonyl (C=O) groups excluding carboxylic acids is 1. The van der Waals surface area contributed by atoms with E-state index in [9.17, 15) is 4.79 Å².